The number of carbonyl (C=O) groups excluding carboxylic acids is 2. The summed E-state index contributed by atoms with van der Waals surface area (Å²) in [6, 6.07) is -0.143. The van der Waals surface area contributed by atoms with Crippen LogP contribution in [0.3, 0.4) is 0 Å². The lowest BCUT2D eigenvalue weighted by Gasteiger charge is -2.33. The van der Waals surface area contributed by atoms with Crippen molar-refractivity contribution in [2.75, 3.05) is 13.1 Å². The Balaban J connectivity index is 2.05. The first kappa shape index (κ1) is 17.7. The van der Waals surface area contributed by atoms with Gasteiger partial charge in [-0.1, -0.05) is 0 Å². The molecule has 1 saturated heterocycles. The van der Waals surface area contributed by atoms with E-state index < -0.39 is 22.1 Å². The smallest absolute Gasteiger partial charge is 0.410 e. The predicted octanol–water partition coefficient (Wildman–Crippen LogP) is 1.46. The molecule has 1 aromatic heterocycles. The van der Waals surface area contributed by atoms with Gasteiger partial charge in [-0.05, 0) is 33.6 Å². The van der Waals surface area contributed by atoms with Crippen molar-refractivity contribution in [3.8, 4) is 0 Å². The summed E-state index contributed by atoms with van der Waals surface area (Å²) < 4.78 is 6.71. The average Bonchev–Trinajstić information content (AvgIpc) is 2.91. The first-order valence-corrected chi connectivity index (χ1v) is 7.60. The highest BCUT2D eigenvalue weighted by molar-refractivity contribution is 5.94. The molecule has 1 aromatic rings. The Morgan fingerprint density at radius 1 is 1.38 bits per heavy atom. The van der Waals surface area contributed by atoms with Crippen molar-refractivity contribution < 1.29 is 19.2 Å². The van der Waals surface area contributed by atoms with Gasteiger partial charge in [-0.2, -0.15) is 5.10 Å². The Hall–Kier alpha value is -2.65. The van der Waals surface area contributed by atoms with E-state index in [0.29, 0.717) is 25.9 Å². The lowest BCUT2D eigenvalue weighted by Crippen LogP contribution is -2.42. The second-order valence-corrected chi connectivity index (χ2v) is 6.66. The molecule has 0 aromatic carbocycles. The van der Waals surface area contributed by atoms with Gasteiger partial charge in [-0.25, -0.2) is 4.79 Å². The summed E-state index contributed by atoms with van der Waals surface area (Å²) in [5.41, 5.74) is 3.81. The van der Waals surface area contributed by atoms with Crippen molar-refractivity contribution in [3.63, 3.8) is 0 Å². The molecule has 10 nitrogen and oxygen atoms in total. The molecule has 132 valence electrons. The quantitative estimate of drug-likeness (QED) is 0.654. The summed E-state index contributed by atoms with van der Waals surface area (Å²) in [6.07, 6.45) is 1.94. The molecule has 1 aliphatic rings. The molecule has 0 saturated carbocycles. The number of nitrogens with zero attached hydrogens (tertiary/aromatic N) is 4. The predicted molar refractivity (Wildman–Crippen MR) is 83.5 cm³/mol. The van der Waals surface area contributed by atoms with Gasteiger partial charge in [-0.3, -0.25) is 19.6 Å². The first-order valence-electron chi connectivity index (χ1n) is 7.60. The summed E-state index contributed by atoms with van der Waals surface area (Å²) in [4.78, 5) is 35.2. The van der Waals surface area contributed by atoms with Crippen LogP contribution >= 0.6 is 0 Å². The molecule has 0 unspecified atom stereocenters. The van der Waals surface area contributed by atoms with Gasteiger partial charge in [0.2, 0.25) is 5.69 Å². The van der Waals surface area contributed by atoms with E-state index in [4.69, 9.17) is 10.5 Å². The summed E-state index contributed by atoms with van der Waals surface area (Å²) in [5, 5.41) is 14.9. The molecule has 1 fully saturated rings. The molecule has 0 spiro atoms. The Bertz CT molecular complexity index is 624. The highest BCUT2D eigenvalue weighted by Crippen LogP contribution is 2.26. The maximum absolute atomic E-state index is 12.0. The van der Waals surface area contributed by atoms with E-state index in [0.717, 1.165) is 0 Å². The number of piperidine rings is 1. The largest absolute Gasteiger partial charge is 0.444 e. The van der Waals surface area contributed by atoms with E-state index in [1.807, 2.05) is 0 Å². The number of ether oxygens (including phenoxy) is 1. The Morgan fingerprint density at radius 2 is 1.96 bits per heavy atom. The van der Waals surface area contributed by atoms with Gasteiger partial charge < -0.3 is 15.4 Å². The average molecular weight is 339 g/mol. The Kier molecular flexibility index (Phi) is 4.76. The number of carbonyl (C=O) groups is 2. The van der Waals surface area contributed by atoms with Gasteiger partial charge in [0.1, 0.15) is 11.8 Å². The summed E-state index contributed by atoms with van der Waals surface area (Å²) in [5.74, 6) is -0.938. The van der Waals surface area contributed by atoms with Crippen LogP contribution in [0.25, 0.3) is 0 Å². The van der Waals surface area contributed by atoms with Crippen molar-refractivity contribution in [2.24, 2.45) is 5.73 Å². The fraction of sp³-hybridized carbons (Fsp3) is 0.643. The van der Waals surface area contributed by atoms with Gasteiger partial charge in [0.05, 0.1) is 11.0 Å². The van der Waals surface area contributed by atoms with Crippen LogP contribution in [0, 0.1) is 10.1 Å². The van der Waals surface area contributed by atoms with E-state index in [-0.39, 0.29) is 17.8 Å². The van der Waals surface area contributed by atoms with Gasteiger partial charge >= 0.3 is 11.8 Å². The molecule has 2 N–H and O–H groups in total. The fourth-order valence-electron chi connectivity index (χ4n) is 2.52. The highest BCUT2D eigenvalue weighted by atomic mass is 16.6. The number of hydrogen-bond donors (Lipinski definition) is 1. The van der Waals surface area contributed by atoms with E-state index in [1.54, 1.807) is 25.7 Å². The maximum Gasteiger partial charge on any atom is 0.410 e. The first-order chi connectivity index (χ1) is 11.1. The van der Waals surface area contributed by atoms with Crippen LogP contribution in [0.15, 0.2) is 6.20 Å². The Morgan fingerprint density at radius 3 is 2.38 bits per heavy atom. The molecule has 2 amide bonds. The van der Waals surface area contributed by atoms with Crippen LogP contribution < -0.4 is 5.73 Å². The molecule has 2 rings (SSSR count). The third-order valence-electron chi connectivity index (χ3n) is 3.63. The fourth-order valence-corrected chi connectivity index (χ4v) is 2.52. The topological polar surface area (TPSA) is 134 Å². The standard InChI is InChI=1S/C14H21N5O5/c1-14(2,3)24-13(21)17-6-4-9(5-7-17)18-8-10(19(22)23)11(16-18)12(15)20/h8-9H,4-7H2,1-3H3,(H2,15,20). The number of rotatable bonds is 3. The molecule has 10 heteroatoms. The van der Waals surface area contributed by atoms with Crippen LogP contribution in [0.5, 0.6) is 0 Å². The number of primary amides is 1. The monoisotopic (exact) mass is 339 g/mol. The number of nitrogens with two attached hydrogens (primary N) is 1. The zero-order valence-corrected chi connectivity index (χ0v) is 13.9. The van der Waals surface area contributed by atoms with Crippen molar-refractivity contribution >= 4 is 17.7 Å². The van der Waals surface area contributed by atoms with Crippen molar-refractivity contribution in [1.29, 1.82) is 0 Å². The lowest BCUT2D eigenvalue weighted by molar-refractivity contribution is -0.385. The van der Waals surface area contributed by atoms with Gasteiger partial charge in [-0.15, -0.1) is 0 Å². The second kappa shape index (κ2) is 6.46. The van der Waals surface area contributed by atoms with E-state index in [2.05, 4.69) is 5.10 Å². The van der Waals surface area contributed by atoms with Crippen molar-refractivity contribution in [3.05, 3.63) is 22.0 Å². The van der Waals surface area contributed by atoms with E-state index in [1.165, 1.54) is 10.9 Å². The van der Waals surface area contributed by atoms with Crippen LogP contribution in [0.1, 0.15) is 50.1 Å². The van der Waals surface area contributed by atoms with Crippen LogP contribution in [0.4, 0.5) is 10.5 Å². The molecule has 1 aliphatic heterocycles. The van der Waals surface area contributed by atoms with Crippen LogP contribution in [-0.4, -0.2) is 50.3 Å². The number of likely N-dealkylation sites (tertiary alicyclic amines) is 1. The van der Waals surface area contributed by atoms with Crippen LogP contribution in [-0.2, 0) is 4.74 Å². The minimum atomic E-state index is -0.938. The van der Waals surface area contributed by atoms with Crippen LogP contribution in [0.2, 0.25) is 0 Å². The van der Waals surface area contributed by atoms with Gasteiger partial charge in [0.15, 0.2) is 0 Å². The van der Waals surface area contributed by atoms with Crippen molar-refractivity contribution in [2.45, 2.75) is 45.3 Å². The molecule has 24 heavy (non-hydrogen) atoms. The third kappa shape index (κ3) is 4.00. The number of hydrogen-bond acceptors (Lipinski definition) is 6. The molecule has 0 bridgehead atoms. The van der Waals surface area contributed by atoms with Gasteiger partial charge in [0.25, 0.3) is 5.91 Å². The Labute approximate surface area is 138 Å². The SMILES string of the molecule is CC(C)(C)OC(=O)N1CCC(n2cc([N+](=O)[O-])c(C(N)=O)n2)CC1. The minimum Gasteiger partial charge on any atom is -0.444 e. The normalized spacial score (nSPS) is 16.0. The molecular weight excluding hydrogens is 318 g/mol. The zero-order chi connectivity index (χ0) is 18.1. The molecule has 0 aliphatic carbocycles. The van der Waals surface area contributed by atoms with Crippen molar-refractivity contribution in [1.82, 2.24) is 14.7 Å². The van der Waals surface area contributed by atoms with E-state index >= 15 is 0 Å². The summed E-state index contributed by atoms with van der Waals surface area (Å²) >= 11 is 0. The number of aromatic nitrogens is 2. The molecule has 2 heterocycles. The van der Waals surface area contributed by atoms with Gasteiger partial charge in [0, 0.05) is 13.1 Å². The highest BCUT2D eigenvalue weighted by Gasteiger charge is 2.31. The number of nitro groups is 1. The molecule has 0 radical (unpaired) electrons. The third-order valence-corrected chi connectivity index (χ3v) is 3.63. The molecular formula is C14H21N5O5. The number of amides is 2. The lowest BCUT2D eigenvalue weighted by atomic mass is 10.1. The summed E-state index contributed by atoms with van der Waals surface area (Å²) in [6.45, 7) is 6.28. The zero-order valence-electron chi connectivity index (χ0n) is 13.9. The maximum atomic E-state index is 12.0. The minimum absolute atomic E-state index is 0.143. The second-order valence-electron chi connectivity index (χ2n) is 6.66. The van der Waals surface area contributed by atoms with E-state index in [9.17, 15) is 19.7 Å². The summed E-state index contributed by atoms with van der Waals surface area (Å²) in [7, 11) is 0. The molecule has 0 atom stereocenters.